The van der Waals surface area contributed by atoms with Crippen molar-refractivity contribution in [2.45, 2.75) is 0 Å². The van der Waals surface area contributed by atoms with Crippen molar-refractivity contribution in [3.05, 3.63) is 54.1 Å². The highest BCUT2D eigenvalue weighted by Crippen LogP contribution is 2.25. The van der Waals surface area contributed by atoms with Crippen LogP contribution in [0.15, 0.2) is 48.9 Å². The van der Waals surface area contributed by atoms with E-state index in [1.165, 1.54) is 6.20 Å². The standard InChI is InChI=1S/C13H8ClN3/c14-12-8-15-7-11(17-12)10-5-1-3-9-4-2-6-16-13(9)10/h1-8H. The Hall–Kier alpha value is -2.00. The normalized spacial score (nSPS) is 10.6. The molecule has 0 bridgehead atoms. The van der Waals surface area contributed by atoms with Crippen LogP contribution in [0.1, 0.15) is 0 Å². The Kier molecular flexibility index (Phi) is 2.46. The lowest BCUT2D eigenvalue weighted by atomic mass is 10.1. The molecule has 0 saturated carbocycles. The SMILES string of the molecule is Clc1cncc(-c2cccc3cccnc23)n1. The minimum Gasteiger partial charge on any atom is -0.259 e. The molecule has 1 aromatic carbocycles. The van der Waals surface area contributed by atoms with E-state index in [1.807, 2.05) is 30.3 Å². The first-order valence-electron chi connectivity index (χ1n) is 5.16. The van der Waals surface area contributed by atoms with Gasteiger partial charge in [-0.15, -0.1) is 0 Å². The summed E-state index contributed by atoms with van der Waals surface area (Å²) >= 11 is 5.85. The zero-order valence-corrected chi connectivity index (χ0v) is 9.59. The van der Waals surface area contributed by atoms with E-state index in [0.717, 1.165) is 22.2 Å². The van der Waals surface area contributed by atoms with Gasteiger partial charge in [-0.1, -0.05) is 35.9 Å². The van der Waals surface area contributed by atoms with Gasteiger partial charge in [0.25, 0.3) is 0 Å². The largest absolute Gasteiger partial charge is 0.259 e. The van der Waals surface area contributed by atoms with E-state index in [-0.39, 0.29) is 0 Å². The second-order valence-corrected chi connectivity index (χ2v) is 3.99. The van der Waals surface area contributed by atoms with Crippen LogP contribution in [0.25, 0.3) is 22.2 Å². The van der Waals surface area contributed by atoms with Gasteiger partial charge in [0.1, 0.15) is 5.15 Å². The summed E-state index contributed by atoms with van der Waals surface area (Å²) in [5.41, 5.74) is 2.59. The first-order valence-corrected chi connectivity index (χ1v) is 5.54. The Bertz CT molecular complexity index is 677. The first-order chi connectivity index (χ1) is 8.34. The van der Waals surface area contributed by atoms with E-state index >= 15 is 0 Å². The summed E-state index contributed by atoms with van der Waals surface area (Å²) < 4.78 is 0. The fraction of sp³-hybridized carbons (Fsp3) is 0. The number of hydrogen-bond acceptors (Lipinski definition) is 3. The van der Waals surface area contributed by atoms with Gasteiger partial charge in [0.05, 0.1) is 23.6 Å². The maximum atomic E-state index is 5.85. The molecule has 0 aliphatic heterocycles. The van der Waals surface area contributed by atoms with Crippen LogP contribution in [0.3, 0.4) is 0 Å². The van der Waals surface area contributed by atoms with Crippen LogP contribution in [0.2, 0.25) is 5.15 Å². The number of pyridine rings is 1. The van der Waals surface area contributed by atoms with Gasteiger partial charge in [-0.3, -0.25) is 9.97 Å². The molecule has 0 saturated heterocycles. The van der Waals surface area contributed by atoms with Gasteiger partial charge in [-0.25, -0.2) is 4.98 Å². The van der Waals surface area contributed by atoms with E-state index in [1.54, 1.807) is 12.4 Å². The average molecular weight is 242 g/mol. The van der Waals surface area contributed by atoms with Crippen LogP contribution >= 0.6 is 11.6 Å². The molecule has 3 aromatic rings. The van der Waals surface area contributed by atoms with Gasteiger partial charge in [-0.2, -0.15) is 0 Å². The molecule has 0 amide bonds. The van der Waals surface area contributed by atoms with Crippen LogP contribution in [-0.4, -0.2) is 15.0 Å². The Labute approximate surface area is 103 Å². The van der Waals surface area contributed by atoms with E-state index in [0.29, 0.717) is 5.15 Å². The van der Waals surface area contributed by atoms with Gasteiger partial charge in [0.15, 0.2) is 0 Å². The van der Waals surface area contributed by atoms with Gasteiger partial charge < -0.3 is 0 Å². The minimum atomic E-state index is 0.385. The van der Waals surface area contributed by atoms with Crippen molar-refractivity contribution in [3.8, 4) is 11.3 Å². The van der Waals surface area contributed by atoms with Crippen LogP contribution < -0.4 is 0 Å². The second kappa shape index (κ2) is 4.11. The van der Waals surface area contributed by atoms with E-state index in [4.69, 9.17) is 11.6 Å². The van der Waals surface area contributed by atoms with Crippen LogP contribution in [0.5, 0.6) is 0 Å². The molecule has 82 valence electrons. The number of hydrogen-bond donors (Lipinski definition) is 0. The quantitative estimate of drug-likeness (QED) is 0.656. The number of para-hydroxylation sites is 1. The molecule has 0 fully saturated rings. The molecule has 0 aliphatic rings. The Morgan fingerprint density at radius 1 is 1.00 bits per heavy atom. The zero-order valence-electron chi connectivity index (χ0n) is 8.84. The van der Waals surface area contributed by atoms with Gasteiger partial charge >= 0.3 is 0 Å². The summed E-state index contributed by atoms with van der Waals surface area (Å²) in [6, 6.07) is 9.89. The highest BCUT2D eigenvalue weighted by molar-refractivity contribution is 6.29. The Balaban J connectivity index is 2.30. The fourth-order valence-electron chi connectivity index (χ4n) is 1.78. The molecule has 3 rings (SSSR count). The van der Waals surface area contributed by atoms with Crippen molar-refractivity contribution >= 4 is 22.5 Å². The summed E-state index contributed by atoms with van der Waals surface area (Å²) in [6.45, 7) is 0. The molecule has 0 N–H and O–H groups in total. The molecule has 2 heterocycles. The molecule has 3 nitrogen and oxygen atoms in total. The molecule has 0 unspecified atom stereocenters. The Morgan fingerprint density at radius 3 is 2.76 bits per heavy atom. The minimum absolute atomic E-state index is 0.385. The number of aromatic nitrogens is 3. The number of rotatable bonds is 1. The van der Waals surface area contributed by atoms with Crippen molar-refractivity contribution in [3.63, 3.8) is 0 Å². The molecule has 0 atom stereocenters. The third-order valence-corrected chi connectivity index (χ3v) is 2.70. The summed E-state index contributed by atoms with van der Waals surface area (Å²) in [6.07, 6.45) is 4.97. The highest BCUT2D eigenvalue weighted by atomic mass is 35.5. The maximum Gasteiger partial charge on any atom is 0.148 e. The van der Waals surface area contributed by atoms with Crippen LogP contribution in [0, 0.1) is 0 Å². The lowest BCUT2D eigenvalue weighted by molar-refractivity contribution is 1.21. The van der Waals surface area contributed by atoms with Crippen molar-refractivity contribution in [2.75, 3.05) is 0 Å². The van der Waals surface area contributed by atoms with Crippen molar-refractivity contribution < 1.29 is 0 Å². The van der Waals surface area contributed by atoms with Crippen LogP contribution in [0.4, 0.5) is 0 Å². The van der Waals surface area contributed by atoms with Crippen molar-refractivity contribution in [1.29, 1.82) is 0 Å². The van der Waals surface area contributed by atoms with E-state index in [9.17, 15) is 0 Å². The third kappa shape index (κ3) is 1.85. The molecule has 17 heavy (non-hydrogen) atoms. The summed E-state index contributed by atoms with van der Waals surface area (Å²) in [5, 5.41) is 1.46. The zero-order chi connectivity index (χ0) is 11.7. The second-order valence-electron chi connectivity index (χ2n) is 3.61. The van der Waals surface area contributed by atoms with Gasteiger partial charge in [-0.05, 0) is 6.07 Å². The molecular weight excluding hydrogens is 234 g/mol. The third-order valence-electron chi connectivity index (χ3n) is 2.51. The lowest BCUT2D eigenvalue weighted by Gasteiger charge is -2.04. The predicted octanol–water partition coefficient (Wildman–Crippen LogP) is 3.35. The van der Waals surface area contributed by atoms with E-state index < -0.39 is 0 Å². The molecular formula is C13H8ClN3. The van der Waals surface area contributed by atoms with Crippen molar-refractivity contribution in [1.82, 2.24) is 15.0 Å². The molecule has 0 spiro atoms. The van der Waals surface area contributed by atoms with Crippen LogP contribution in [-0.2, 0) is 0 Å². The average Bonchev–Trinajstić information content (AvgIpc) is 2.38. The smallest absolute Gasteiger partial charge is 0.148 e. The topological polar surface area (TPSA) is 38.7 Å². The maximum absolute atomic E-state index is 5.85. The molecule has 4 heteroatoms. The van der Waals surface area contributed by atoms with Gasteiger partial charge in [0.2, 0.25) is 0 Å². The molecule has 0 aliphatic carbocycles. The molecule has 2 aromatic heterocycles. The highest BCUT2D eigenvalue weighted by Gasteiger charge is 2.06. The lowest BCUT2D eigenvalue weighted by Crippen LogP contribution is -1.89. The summed E-state index contributed by atoms with van der Waals surface area (Å²) in [7, 11) is 0. The Morgan fingerprint density at radius 2 is 1.88 bits per heavy atom. The first kappa shape index (κ1) is 10.2. The monoisotopic (exact) mass is 241 g/mol. The van der Waals surface area contributed by atoms with E-state index in [2.05, 4.69) is 15.0 Å². The number of halogens is 1. The number of fused-ring (bicyclic) bond motifs is 1. The number of nitrogens with zero attached hydrogens (tertiary/aromatic N) is 3. The fourth-order valence-corrected chi connectivity index (χ4v) is 1.93. The number of benzene rings is 1. The predicted molar refractivity (Wildman–Crippen MR) is 67.8 cm³/mol. The summed E-state index contributed by atoms with van der Waals surface area (Å²) in [4.78, 5) is 12.7. The van der Waals surface area contributed by atoms with Gasteiger partial charge in [0, 0.05) is 17.1 Å². The molecule has 0 radical (unpaired) electrons. The summed E-state index contributed by atoms with van der Waals surface area (Å²) in [5.74, 6) is 0. The van der Waals surface area contributed by atoms with Crippen molar-refractivity contribution in [2.24, 2.45) is 0 Å².